The number of anilines is 1. The second-order valence-corrected chi connectivity index (χ2v) is 8.75. The Morgan fingerprint density at radius 1 is 1.03 bits per heavy atom. The third kappa shape index (κ3) is 4.88. The Hall–Kier alpha value is -3.33. The summed E-state index contributed by atoms with van der Waals surface area (Å²) < 4.78 is 54.3. The van der Waals surface area contributed by atoms with E-state index in [-0.39, 0.29) is 17.5 Å². The van der Waals surface area contributed by atoms with Gasteiger partial charge in [0.2, 0.25) is 5.91 Å². The minimum atomic E-state index is -4.69. The summed E-state index contributed by atoms with van der Waals surface area (Å²) in [7, 11) is 0. The van der Waals surface area contributed by atoms with E-state index in [1.807, 2.05) is 0 Å². The van der Waals surface area contributed by atoms with E-state index in [0.29, 0.717) is 22.2 Å². The Morgan fingerprint density at radius 3 is 2.39 bits per heavy atom. The van der Waals surface area contributed by atoms with Gasteiger partial charge in [-0.1, -0.05) is 24.3 Å². The first-order valence-electron chi connectivity index (χ1n) is 9.88. The van der Waals surface area contributed by atoms with Gasteiger partial charge in [-0.2, -0.15) is 13.2 Å². The molecule has 0 saturated carbocycles. The fraction of sp³-hybridized carbons (Fsp3) is 0.167. The molecule has 1 N–H and O–H groups in total. The molecule has 0 fully saturated rings. The third-order valence-corrected chi connectivity index (χ3v) is 6.54. The highest BCUT2D eigenvalue weighted by molar-refractivity contribution is 8.01. The fourth-order valence-electron chi connectivity index (χ4n) is 3.71. The lowest BCUT2D eigenvalue weighted by Crippen LogP contribution is -2.41. The van der Waals surface area contributed by atoms with E-state index in [2.05, 4.69) is 0 Å². The molecular formula is C24H17F4NO3S. The quantitative estimate of drug-likeness (QED) is 0.475. The Morgan fingerprint density at radius 2 is 1.73 bits per heavy atom. The number of benzene rings is 3. The van der Waals surface area contributed by atoms with Crippen LogP contribution in [-0.2, 0) is 23.9 Å². The van der Waals surface area contributed by atoms with Crippen LogP contribution in [-0.4, -0.2) is 22.2 Å². The van der Waals surface area contributed by atoms with Crippen LogP contribution in [0.1, 0.15) is 27.0 Å². The van der Waals surface area contributed by atoms with Crippen LogP contribution in [0, 0.1) is 5.82 Å². The lowest BCUT2D eigenvalue weighted by molar-refractivity contribution is -0.138. The van der Waals surface area contributed by atoms with Crippen molar-refractivity contribution in [1.29, 1.82) is 0 Å². The van der Waals surface area contributed by atoms with Crippen LogP contribution in [0.4, 0.5) is 23.2 Å². The Kier molecular flexibility index (Phi) is 6.16. The molecule has 1 unspecified atom stereocenters. The van der Waals surface area contributed by atoms with Gasteiger partial charge in [0.25, 0.3) is 0 Å². The number of hydrogen-bond acceptors (Lipinski definition) is 3. The molecule has 0 aliphatic carbocycles. The van der Waals surface area contributed by atoms with Gasteiger partial charge in [-0.15, -0.1) is 11.8 Å². The van der Waals surface area contributed by atoms with Gasteiger partial charge in [0.05, 0.1) is 28.6 Å². The van der Waals surface area contributed by atoms with E-state index in [0.717, 1.165) is 12.1 Å². The second kappa shape index (κ2) is 8.90. The molecule has 1 atom stereocenters. The highest BCUT2D eigenvalue weighted by Crippen LogP contribution is 2.42. The number of amides is 1. The summed E-state index contributed by atoms with van der Waals surface area (Å²) in [5.74, 6) is -2.29. The first kappa shape index (κ1) is 22.8. The number of rotatable bonds is 5. The molecule has 1 amide bonds. The van der Waals surface area contributed by atoms with Crippen molar-refractivity contribution in [2.45, 2.75) is 29.3 Å². The number of carbonyl (C=O) groups excluding carboxylic acids is 1. The number of para-hydroxylation sites is 1. The monoisotopic (exact) mass is 475 g/mol. The van der Waals surface area contributed by atoms with Crippen LogP contribution in [0.3, 0.4) is 0 Å². The van der Waals surface area contributed by atoms with Gasteiger partial charge in [-0.25, -0.2) is 9.18 Å². The molecule has 0 saturated heterocycles. The molecule has 0 aromatic heterocycles. The summed E-state index contributed by atoms with van der Waals surface area (Å²) >= 11 is 1.29. The van der Waals surface area contributed by atoms with Gasteiger partial charge < -0.3 is 10.0 Å². The van der Waals surface area contributed by atoms with Crippen LogP contribution < -0.4 is 4.90 Å². The number of thioether (sulfide) groups is 1. The maximum atomic E-state index is 13.8. The number of aromatic carboxylic acids is 1. The van der Waals surface area contributed by atoms with Crippen LogP contribution in [0.25, 0.3) is 0 Å². The summed E-state index contributed by atoms with van der Waals surface area (Å²) in [5, 5.41) is 8.41. The van der Waals surface area contributed by atoms with Crippen molar-refractivity contribution in [3.8, 4) is 0 Å². The molecule has 33 heavy (non-hydrogen) atoms. The molecule has 1 aliphatic heterocycles. The van der Waals surface area contributed by atoms with Crippen molar-refractivity contribution in [3.63, 3.8) is 0 Å². The van der Waals surface area contributed by atoms with Crippen molar-refractivity contribution < 1.29 is 32.3 Å². The lowest BCUT2D eigenvalue weighted by Gasteiger charge is -2.34. The normalized spacial score (nSPS) is 15.9. The molecule has 9 heteroatoms. The van der Waals surface area contributed by atoms with Crippen molar-refractivity contribution in [2.75, 3.05) is 4.90 Å². The standard InChI is InChI=1S/C24H17F4NO3S/c25-17-9-10-18(24(26,27)28)16(12-17)13-29-19-3-1-2-4-20(19)33-21(22(29)30)11-14-5-7-15(8-6-14)23(31)32/h1-10,12,21H,11,13H2,(H,31,32). The van der Waals surface area contributed by atoms with Crippen LogP contribution in [0.15, 0.2) is 71.6 Å². The number of halogens is 4. The van der Waals surface area contributed by atoms with E-state index in [1.165, 1.54) is 28.8 Å². The van der Waals surface area contributed by atoms with Crippen LogP contribution >= 0.6 is 11.8 Å². The zero-order valence-corrected chi connectivity index (χ0v) is 17.8. The number of nitrogens with zero attached hydrogens (tertiary/aromatic N) is 1. The number of carboxylic acids is 1. The zero-order chi connectivity index (χ0) is 23.8. The molecule has 1 aliphatic rings. The van der Waals surface area contributed by atoms with Crippen LogP contribution in [0.2, 0.25) is 0 Å². The predicted octanol–water partition coefficient (Wildman–Crippen LogP) is 5.79. The topological polar surface area (TPSA) is 57.6 Å². The minimum Gasteiger partial charge on any atom is -0.478 e. The summed E-state index contributed by atoms with van der Waals surface area (Å²) in [6.45, 7) is -0.433. The largest absolute Gasteiger partial charge is 0.478 e. The maximum Gasteiger partial charge on any atom is 0.416 e. The molecule has 4 nitrogen and oxygen atoms in total. The molecule has 3 aromatic rings. The van der Waals surface area contributed by atoms with Gasteiger partial charge in [-0.05, 0) is 60.0 Å². The van der Waals surface area contributed by atoms with Gasteiger partial charge in [0.1, 0.15) is 5.82 Å². The predicted molar refractivity (Wildman–Crippen MR) is 116 cm³/mol. The third-order valence-electron chi connectivity index (χ3n) is 5.29. The number of carboxylic acid groups (broad SMARTS) is 1. The molecule has 170 valence electrons. The first-order valence-corrected chi connectivity index (χ1v) is 10.8. The summed E-state index contributed by atoms with van der Waals surface area (Å²) in [4.78, 5) is 26.4. The number of alkyl halides is 3. The number of carbonyl (C=O) groups is 2. The van der Waals surface area contributed by atoms with E-state index in [4.69, 9.17) is 5.11 Å². The van der Waals surface area contributed by atoms with Gasteiger partial charge in [0, 0.05) is 4.90 Å². The summed E-state index contributed by atoms with van der Waals surface area (Å²) in [6.07, 6.45) is -4.44. The van der Waals surface area contributed by atoms with Crippen molar-refractivity contribution in [2.24, 2.45) is 0 Å². The molecule has 1 heterocycles. The zero-order valence-electron chi connectivity index (χ0n) is 17.0. The van der Waals surface area contributed by atoms with Crippen molar-refractivity contribution >= 4 is 29.3 Å². The number of hydrogen-bond donors (Lipinski definition) is 1. The highest BCUT2D eigenvalue weighted by atomic mass is 32.2. The highest BCUT2D eigenvalue weighted by Gasteiger charge is 2.37. The van der Waals surface area contributed by atoms with E-state index < -0.39 is 41.2 Å². The average molecular weight is 475 g/mol. The lowest BCUT2D eigenvalue weighted by atomic mass is 10.0. The van der Waals surface area contributed by atoms with Crippen molar-refractivity contribution in [1.82, 2.24) is 0 Å². The smallest absolute Gasteiger partial charge is 0.416 e. The molecule has 0 bridgehead atoms. The van der Waals surface area contributed by atoms with Crippen molar-refractivity contribution in [3.05, 3.63) is 94.8 Å². The Labute approximate surface area is 190 Å². The van der Waals surface area contributed by atoms with Gasteiger partial charge in [-0.3, -0.25) is 4.79 Å². The molecule has 0 radical (unpaired) electrons. The van der Waals surface area contributed by atoms with Crippen LogP contribution in [0.5, 0.6) is 0 Å². The summed E-state index contributed by atoms with van der Waals surface area (Å²) in [6, 6.07) is 15.2. The van der Waals surface area contributed by atoms with E-state index in [9.17, 15) is 27.2 Å². The van der Waals surface area contributed by atoms with Gasteiger partial charge >= 0.3 is 12.1 Å². The Bertz CT molecular complexity index is 1210. The van der Waals surface area contributed by atoms with E-state index >= 15 is 0 Å². The molecule has 4 rings (SSSR count). The second-order valence-electron chi connectivity index (χ2n) is 7.50. The molecule has 0 spiro atoms. The Balaban J connectivity index is 1.67. The fourth-order valence-corrected chi connectivity index (χ4v) is 4.97. The maximum absolute atomic E-state index is 13.8. The number of fused-ring (bicyclic) bond motifs is 1. The molecule has 3 aromatic carbocycles. The summed E-state index contributed by atoms with van der Waals surface area (Å²) in [5.41, 5.74) is -0.0382. The van der Waals surface area contributed by atoms with Gasteiger partial charge in [0.15, 0.2) is 0 Å². The van der Waals surface area contributed by atoms with E-state index in [1.54, 1.807) is 36.4 Å². The molecular weight excluding hydrogens is 458 g/mol. The SMILES string of the molecule is O=C(O)c1ccc(CC2Sc3ccccc3N(Cc3cc(F)ccc3C(F)(F)F)C2=O)cc1. The first-order chi connectivity index (χ1) is 15.6. The average Bonchev–Trinajstić information content (AvgIpc) is 2.76. The minimum absolute atomic E-state index is 0.110.